The van der Waals surface area contributed by atoms with Crippen molar-refractivity contribution in [1.29, 1.82) is 0 Å². The second-order valence-electron chi connectivity index (χ2n) is 3.86. The number of ether oxygens (including phenoxy) is 1. The predicted octanol–water partition coefficient (Wildman–Crippen LogP) is 4.20. The Bertz CT molecular complexity index is 541. The number of hydrogen-bond acceptors (Lipinski definition) is 3. The van der Waals surface area contributed by atoms with Gasteiger partial charge >= 0.3 is 0 Å². The minimum absolute atomic E-state index is 0.103. The Balaban J connectivity index is 2.21. The van der Waals surface area contributed by atoms with Crippen LogP contribution in [0.1, 0.15) is 18.7 Å². The Morgan fingerprint density at radius 3 is 2.61 bits per heavy atom. The molecule has 1 aromatic carbocycles. The zero-order valence-electron chi connectivity index (χ0n) is 9.73. The summed E-state index contributed by atoms with van der Waals surface area (Å²) in [6.07, 6.45) is 1.61. The molecule has 18 heavy (non-hydrogen) atoms. The van der Waals surface area contributed by atoms with Gasteiger partial charge in [-0.2, -0.15) is 0 Å². The lowest BCUT2D eigenvalue weighted by atomic mass is 10.2. The molecule has 0 saturated carbocycles. The number of nitrogens with zero attached hydrogens (tertiary/aromatic N) is 1. The maximum atomic E-state index is 6.03. The highest BCUT2D eigenvalue weighted by molar-refractivity contribution is 6.42. The van der Waals surface area contributed by atoms with Gasteiger partial charge in [0.1, 0.15) is 16.5 Å². The van der Waals surface area contributed by atoms with E-state index in [-0.39, 0.29) is 6.04 Å². The summed E-state index contributed by atoms with van der Waals surface area (Å²) in [5.41, 5.74) is 6.52. The van der Waals surface area contributed by atoms with E-state index >= 15 is 0 Å². The zero-order valence-corrected chi connectivity index (χ0v) is 11.2. The fraction of sp³-hybridized carbons (Fsp3) is 0.154. The third kappa shape index (κ3) is 2.93. The largest absolute Gasteiger partial charge is 0.454 e. The highest BCUT2D eigenvalue weighted by Crippen LogP contribution is 2.34. The zero-order chi connectivity index (χ0) is 13.1. The van der Waals surface area contributed by atoms with Gasteiger partial charge in [0.25, 0.3) is 0 Å². The summed E-state index contributed by atoms with van der Waals surface area (Å²) in [6.45, 7) is 1.87. The Kier molecular flexibility index (Phi) is 4.07. The van der Waals surface area contributed by atoms with Crippen molar-refractivity contribution in [2.45, 2.75) is 13.0 Å². The van der Waals surface area contributed by atoms with E-state index in [2.05, 4.69) is 4.98 Å². The second kappa shape index (κ2) is 5.57. The predicted molar refractivity (Wildman–Crippen MR) is 73.4 cm³/mol. The Hall–Kier alpha value is -1.29. The fourth-order valence-corrected chi connectivity index (χ4v) is 1.74. The van der Waals surface area contributed by atoms with Crippen molar-refractivity contribution in [3.05, 3.63) is 52.3 Å². The number of benzene rings is 1. The van der Waals surface area contributed by atoms with E-state index in [0.29, 0.717) is 21.5 Å². The van der Waals surface area contributed by atoms with Gasteiger partial charge < -0.3 is 10.5 Å². The summed E-state index contributed by atoms with van der Waals surface area (Å²) in [7, 11) is 0. The smallest absolute Gasteiger partial charge is 0.147 e. The summed E-state index contributed by atoms with van der Waals surface area (Å²) in [6, 6.07) is 8.73. The molecule has 94 valence electrons. The molecule has 0 amide bonds. The van der Waals surface area contributed by atoms with Crippen LogP contribution in [0.25, 0.3) is 0 Å². The van der Waals surface area contributed by atoms with Crippen molar-refractivity contribution in [1.82, 2.24) is 4.98 Å². The van der Waals surface area contributed by atoms with Gasteiger partial charge in [0.05, 0.1) is 16.9 Å². The lowest BCUT2D eigenvalue weighted by Crippen LogP contribution is -2.06. The normalized spacial score (nSPS) is 12.2. The van der Waals surface area contributed by atoms with Crippen molar-refractivity contribution in [2.24, 2.45) is 5.73 Å². The van der Waals surface area contributed by atoms with Gasteiger partial charge in [-0.25, -0.2) is 0 Å². The summed E-state index contributed by atoms with van der Waals surface area (Å²) in [4.78, 5) is 4.20. The van der Waals surface area contributed by atoms with Crippen LogP contribution in [0.5, 0.6) is 11.5 Å². The Morgan fingerprint density at radius 2 is 2.00 bits per heavy atom. The molecule has 0 radical (unpaired) electrons. The van der Waals surface area contributed by atoms with E-state index in [1.165, 1.54) is 0 Å². The first-order valence-corrected chi connectivity index (χ1v) is 6.17. The highest BCUT2D eigenvalue weighted by atomic mass is 35.5. The van der Waals surface area contributed by atoms with E-state index in [1.54, 1.807) is 30.5 Å². The Labute approximate surface area is 115 Å². The average Bonchev–Trinajstić information content (AvgIpc) is 2.36. The molecule has 1 atom stereocenters. The van der Waals surface area contributed by atoms with Crippen LogP contribution in [0.3, 0.4) is 0 Å². The van der Waals surface area contributed by atoms with Crippen molar-refractivity contribution >= 4 is 23.2 Å². The van der Waals surface area contributed by atoms with Crippen molar-refractivity contribution in [2.75, 3.05) is 0 Å². The molecule has 1 aromatic heterocycles. The molecule has 0 unspecified atom stereocenters. The second-order valence-corrected chi connectivity index (χ2v) is 4.65. The summed E-state index contributed by atoms with van der Waals surface area (Å²) in [5.74, 6) is 1.09. The first kappa shape index (κ1) is 13.1. The van der Waals surface area contributed by atoms with Gasteiger partial charge in [0.15, 0.2) is 0 Å². The van der Waals surface area contributed by atoms with Gasteiger partial charge in [0, 0.05) is 6.04 Å². The lowest BCUT2D eigenvalue weighted by Gasteiger charge is -2.09. The average molecular weight is 283 g/mol. The molecule has 0 aliphatic heterocycles. The molecule has 0 fully saturated rings. The maximum absolute atomic E-state index is 6.03. The van der Waals surface area contributed by atoms with Crippen molar-refractivity contribution in [3.63, 3.8) is 0 Å². The molecular weight excluding hydrogens is 271 g/mol. The first-order chi connectivity index (χ1) is 8.58. The quantitative estimate of drug-likeness (QED) is 0.918. The number of rotatable bonds is 3. The van der Waals surface area contributed by atoms with Crippen LogP contribution in [-0.4, -0.2) is 4.98 Å². The van der Waals surface area contributed by atoms with Gasteiger partial charge in [0.2, 0.25) is 0 Å². The minimum Gasteiger partial charge on any atom is -0.454 e. The number of halogens is 2. The maximum Gasteiger partial charge on any atom is 0.147 e. The van der Waals surface area contributed by atoms with Crippen LogP contribution in [0.15, 0.2) is 36.5 Å². The van der Waals surface area contributed by atoms with E-state index < -0.39 is 0 Å². The van der Waals surface area contributed by atoms with Crippen LogP contribution >= 0.6 is 23.2 Å². The molecule has 0 aliphatic carbocycles. The number of hydrogen-bond donors (Lipinski definition) is 1. The number of pyridine rings is 1. The van der Waals surface area contributed by atoms with Gasteiger partial charge in [-0.1, -0.05) is 29.3 Å². The summed E-state index contributed by atoms with van der Waals surface area (Å²) in [5, 5.41) is 0.838. The molecule has 0 saturated heterocycles. The third-order valence-electron chi connectivity index (χ3n) is 2.37. The first-order valence-electron chi connectivity index (χ1n) is 5.41. The molecule has 2 N–H and O–H groups in total. The van der Waals surface area contributed by atoms with Crippen LogP contribution in [0, 0.1) is 0 Å². The summed E-state index contributed by atoms with van der Waals surface area (Å²) >= 11 is 11.9. The van der Waals surface area contributed by atoms with Crippen LogP contribution in [-0.2, 0) is 0 Å². The van der Waals surface area contributed by atoms with Crippen molar-refractivity contribution < 1.29 is 4.74 Å². The lowest BCUT2D eigenvalue weighted by molar-refractivity contribution is 0.479. The topological polar surface area (TPSA) is 48.1 Å². The van der Waals surface area contributed by atoms with Crippen LogP contribution < -0.4 is 10.5 Å². The SMILES string of the molecule is C[C@H](N)c1ccc(Oc2cccc(Cl)c2Cl)cn1. The Morgan fingerprint density at radius 1 is 1.22 bits per heavy atom. The van der Waals surface area contributed by atoms with E-state index in [1.807, 2.05) is 13.0 Å². The van der Waals surface area contributed by atoms with Gasteiger partial charge in [-0.15, -0.1) is 0 Å². The monoisotopic (exact) mass is 282 g/mol. The fourth-order valence-electron chi connectivity index (χ4n) is 1.41. The van der Waals surface area contributed by atoms with E-state index in [9.17, 15) is 0 Å². The molecule has 3 nitrogen and oxygen atoms in total. The van der Waals surface area contributed by atoms with Gasteiger partial charge in [-0.3, -0.25) is 4.98 Å². The molecule has 0 bridgehead atoms. The van der Waals surface area contributed by atoms with E-state index in [0.717, 1.165) is 5.69 Å². The van der Waals surface area contributed by atoms with Crippen molar-refractivity contribution in [3.8, 4) is 11.5 Å². The third-order valence-corrected chi connectivity index (χ3v) is 3.17. The molecule has 5 heteroatoms. The highest BCUT2D eigenvalue weighted by Gasteiger charge is 2.07. The van der Waals surface area contributed by atoms with Gasteiger partial charge in [-0.05, 0) is 31.2 Å². The summed E-state index contributed by atoms with van der Waals surface area (Å²) < 4.78 is 5.60. The number of nitrogens with two attached hydrogens (primary N) is 1. The molecule has 0 spiro atoms. The van der Waals surface area contributed by atoms with Crippen LogP contribution in [0.4, 0.5) is 0 Å². The standard InChI is InChI=1S/C13H12Cl2N2O/c1-8(16)11-6-5-9(7-17-11)18-12-4-2-3-10(14)13(12)15/h2-8H,16H2,1H3/t8-/m0/s1. The van der Waals surface area contributed by atoms with Crippen LogP contribution in [0.2, 0.25) is 10.0 Å². The number of aromatic nitrogens is 1. The van der Waals surface area contributed by atoms with E-state index in [4.69, 9.17) is 33.7 Å². The molecule has 1 heterocycles. The molecule has 2 rings (SSSR count). The molecule has 0 aliphatic rings. The molecule has 2 aromatic rings. The minimum atomic E-state index is -0.103. The molecular formula is C13H12Cl2N2O.